The number of aromatic nitrogens is 1. The van der Waals surface area contributed by atoms with E-state index in [2.05, 4.69) is 4.98 Å². The van der Waals surface area contributed by atoms with E-state index in [-0.39, 0.29) is 5.91 Å². The lowest BCUT2D eigenvalue weighted by Crippen LogP contribution is -2.42. The van der Waals surface area contributed by atoms with Crippen LogP contribution in [-0.4, -0.2) is 24.5 Å². The fourth-order valence-electron chi connectivity index (χ4n) is 1.71. The summed E-state index contributed by atoms with van der Waals surface area (Å²) in [6.45, 7) is 3.97. The van der Waals surface area contributed by atoms with Gasteiger partial charge in [0, 0.05) is 25.3 Å². The molecule has 0 unspecified atom stereocenters. The minimum absolute atomic E-state index is 0.0242. The van der Waals surface area contributed by atoms with E-state index in [9.17, 15) is 4.79 Å². The number of nitrogens with zero attached hydrogens (tertiary/aromatic N) is 2. The van der Waals surface area contributed by atoms with Gasteiger partial charge in [-0.15, -0.1) is 0 Å². The molecule has 1 heterocycles. The highest BCUT2D eigenvalue weighted by atomic mass is 16.3. The minimum Gasteiger partial charge on any atom is -0.443 e. The van der Waals surface area contributed by atoms with Crippen LogP contribution in [-0.2, 0) is 4.79 Å². The first-order valence-corrected chi connectivity index (χ1v) is 5.77. The summed E-state index contributed by atoms with van der Waals surface area (Å²) in [6, 6.07) is 5.47. The second kappa shape index (κ2) is 4.42. The number of nitrogens with two attached hydrogens (primary N) is 1. The second-order valence-corrected chi connectivity index (χ2v) is 4.96. The SMILES string of the molecule is CN(C(=O)C(C)(C)CN)c1ccc2ncoc2c1. The van der Waals surface area contributed by atoms with Crippen molar-refractivity contribution in [2.45, 2.75) is 13.8 Å². The van der Waals surface area contributed by atoms with Crippen molar-refractivity contribution in [3.05, 3.63) is 24.6 Å². The molecule has 0 fully saturated rings. The number of carbonyl (C=O) groups is 1. The zero-order valence-electron chi connectivity index (χ0n) is 10.8. The van der Waals surface area contributed by atoms with Gasteiger partial charge in [-0.05, 0) is 26.0 Å². The average molecular weight is 247 g/mol. The molecule has 18 heavy (non-hydrogen) atoms. The Kier molecular flexibility index (Phi) is 3.09. The Balaban J connectivity index is 2.33. The lowest BCUT2D eigenvalue weighted by atomic mass is 9.92. The van der Waals surface area contributed by atoms with E-state index in [4.69, 9.17) is 10.2 Å². The molecular formula is C13H17N3O2. The number of benzene rings is 1. The summed E-state index contributed by atoms with van der Waals surface area (Å²) in [4.78, 5) is 17.9. The van der Waals surface area contributed by atoms with E-state index in [1.54, 1.807) is 18.0 Å². The van der Waals surface area contributed by atoms with Crippen LogP contribution in [0, 0.1) is 5.41 Å². The lowest BCUT2D eigenvalue weighted by molar-refractivity contribution is -0.125. The Hall–Kier alpha value is -1.88. The Bertz CT molecular complexity index is 574. The molecule has 5 nitrogen and oxygen atoms in total. The van der Waals surface area contributed by atoms with Gasteiger partial charge < -0.3 is 15.1 Å². The van der Waals surface area contributed by atoms with Gasteiger partial charge in [-0.1, -0.05) is 0 Å². The largest absolute Gasteiger partial charge is 0.443 e. The first kappa shape index (κ1) is 12.6. The maximum Gasteiger partial charge on any atom is 0.233 e. The molecule has 2 rings (SSSR count). The van der Waals surface area contributed by atoms with Crippen LogP contribution in [0.5, 0.6) is 0 Å². The van der Waals surface area contributed by atoms with Gasteiger partial charge in [0.1, 0.15) is 5.52 Å². The highest BCUT2D eigenvalue weighted by Crippen LogP contribution is 2.24. The number of anilines is 1. The number of fused-ring (bicyclic) bond motifs is 1. The fraction of sp³-hybridized carbons (Fsp3) is 0.385. The first-order chi connectivity index (χ1) is 8.45. The third-order valence-corrected chi connectivity index (χ3v) is 3.10. The van der Waals surface area contributed by atoms with Gasteiger partial charge >= 0.3 is 0 Å². The summed E-state index contributed by atoms with van der Waals surface area (Å²) < 4.78 is 5.23. The quantitative estimate of drug-likeness (QED) is 0.897. The van der Waals surface area contributed by atoms with Gasteiger partial charge in [0.15, 0.2) is 12.0 Å². The van der Waals surface area contributed by atoms with Gasteiger partial charge in [-0.25, -0.2) is 4.98 Å². The molecule has 0 saturated heterocycles. The van der Waals surface area contributed by atoms with Gasteiger partial charge in [0.2, 0.25) is 5.91 Å². The normalized spacial score (nSPS) is 11.8. The molecule has 2 aromatic rings. The fourth-order valence-corrected chi connectivity index (χ4v) is 1.71. The molecular weight excluding hydrogens is 230 g/mol. The van der Waals surface area contributed by atoms with Crippen LogP contribution < -0.4 is 10.6 Å². The number of hydrogen-bond acceptors (Lipinski definition) is 4. The summed E-state index contributed by atoms with van der Waals surface area (Å²) in [6.07, 6.45) is 1.39. The molecule has 1 aromatic carbocycles. The van der Waals surface area contributed by atoms with E-state index < -0.39 is 5.41 Å². The number of hydrogen-bond donors (Lipinski definition) is 1. The molecule has 0 aliphatic rings. The molecule has 1 aromatic heterocycles. The Labute approximate surface area is 106 Å². The minimum atomic E-state index is -0.578. The average Bonchev–Trinajstić information content (AvgIpc) is 2.84. The highest BCUT2D eigenvalue weighted by Gasteiger charge is 2.29. The number of carbonyl (C=O) groups excluding carboxylic acids is 1. The van der Waals surface area contributed by atoms with Crippen LogP contribution in [0.15, 0.2) is 29.0 Å². The van der Waals surface area contributed by atoms with Crippen molar-refractivity contribution in [1.82, 2.24) is 4.98 Å². The molecule has 0 atom stereocenters. The molecule has 0 radical (unpaired) electrons. The van der Waals surface area contributed by atoms with Crippen molar-refractivity contribution in [1.29, 1.82) is 0 Å². The van der Waals surface area contributed by atoms with Gasteiger partial charge in [0.25, 0.3) is 0 Å². The van der Waals surface area contributed by atoms with Crippen LogP contribution in [0.2, 0.25) is 0 Å². The Morgan fingerprint density at radius 1 is 1.50 bits per heavy atom. The van der Waals surface area contributed by atoms with E-state index in [1.165, 1.54) is 6.39 Å². The third kappa shape index (κ3) is 2.09. The van der Waals surface area contributed by atoms with Crippen LogP contribution in [0.4, 0.5) is 5.69 Å². The van der Waals surface area contributed by atoms with E-state index in [0.29, 0.717) is 12.1 Å². The maximum atomic E-state index is 12.3. The summed E-state index contributed by atoms with van der Waals surface area (Å²) in [5.74, 6) is -0.0242. The summed E-state index contributed by atoms with van der Waals surface area (Å²) in [5.41, 5.74) is 7.25. The van der Waals surface area contributed by atoms with Gasteiger partial charge in [-0.2, -0.15) is 0 Å². The van der Waals surface area contributed by atoms with Crippen LogP contribution in [0.1, 0.15) is 13.8 Å². The monoisotopic (exact) mass is 247 g/mol. The predicted octanol–water partition coefficient (Wildman–Crippen LogP) is 1.78. The standard InChI is InChI=1S/C13H17N3O2/c1-13(2,7-14)12(17)16(3)9-4-5-10-11(6-9)18-8-15-10/h4-6,8H,7,14H2,1-3H3. The molecule has 0 spiro atoms. The smallest absolute Gasteiger partial charge is 0.233 e. The van der Waals surface area contributed by atoms with Crippen molar-refractivity contribution in [3.63, 3.8) is 0 Å². The maximum absolute atomic E-state index is 12.3. The third-order valence-electron chi connectivity index (χ3n) is 3.10. The zero-order chi connectivity index (χ0) is 13.3. The Morgan fingerprint density at radius 3 is 2.89 bits per heavy atom. The topological polar surface area (TPSA) is 72.4 Å². The van der Waals surface area contributed by atoms with E-state index >= 15 is 0 Å². The Morgan fingerprint density at radius 2 is 2.22 bits per heavy atom. The van der Waals surface area contributed by atoms with Crippen molar-refractivity contribution in [3.8, 4) is 0 Å². The van der Waals surface area contributed by atoms with Crippen molar-refractivity contribution in [2.75, 3.05) is 18.5 Å². The van der Waals surface area contributed by atoms with Gasteiger partial charge in [0.05, 0.1) is 5.41 Å². The van der Waals surface area contributed by atoms with E-state index in [1.807, 2.05) is 26.0 Å². The molecule has 1 amide bonds. The molecule has 96 valence electrons. The molecule has 2 N–H and O–H groups in total. The van der Waals surface area contributed by atoms with Gasteiger partial charge in [-0.3, -0.25) is 4.79 Å². The summed E-state index contributed by atoms with van der Waals surface area (Å²) >= 11 is 0. The first-order valence-electron chi connectivity index (χ1n) is 5.77. The zero-order valence-corrected chi connectivity index (χ0v) is 10.8. The van der Waals surface area contributed by atoms with Crippen LogP contribution >= 0.6 is 0 Å². The summed E-state index contributed by atoms with van der Waals surface area (Å²) in [5, 5.41) is 0. The molecule has 5 heteroatoms. The van der Waals surface area contributed by atoms with Crippen LogP contribution in [0.25, 0.3) is 11.1 Å². The van der Waals surface area contributed by atoms with Crippen molar-refractivity contribution < 1.29 is 9.21 Å². The number of oxazole rings is 1. The summed E-state index contributed by atoms with van der Waals surface area (Å²) in [7, 11) is 1.73. The second-order valence-electron chi connectivity index (χ2n) is 4.96. The van der Waals surface area contributed by atoms with Crippen molar-refractivity contribution in [2.24, 2.45) is 11.1 Å². The molecule has 0 aliphatic carbocycles. The molecule has 0 aliphatic heterocycles. The lowest BCUT2D eigenvalue weighted by Gasteiger charge is -2.28. The number of amides is 1. The van der Waals surface area contributed by atoms with Crippen LogP contribution in [0.3, 0.4) is 0 Å². The highest BCUT2D eigenvalue weighted by molar-refractivity contribution is 5.98. The molecule has 0 saturated carbocycles. The predicted molar refractivity (Wildman–Crippen MR) is 70.3 cm³/mol. The van der Waals surface area contributed by atoms with E-state index in [0.717, 1.165) is 11.2 Å². The number of rotatable bonds is 3. The molecule has 0 bridgehead atoms. The van der Waals surface area contributed by atoms with Crippen molar-refractivity contribution >= 4 is 22.7 Å².